The van der Waals surface area contributed by atoms with Gasteiger partial charge in [0.25, 0.3) is 0 Å². The molecular formula is C9H9IN2O2. The molecule has 14 heavy (non-hydrogen) atoms. The Morgan fingerprint density at radius 3 is 2.36 bits per heavy atom. The van der Waals surface area contributed by atoms with Crippen molar-refractivity contribution in [3.63, 3.8) is 0 Å². The molecule has 0 fully saturated rings. The van der Waals surface area contributed by atoms with E-state index < -0.39 is 6.03 Å². The van der Waals surface area contributed by atoms with Crippen LogP contribution in [0.15, 0.2) is 24.3 Å². The number of carbonyl (C=O) groups is 2. The number of amides is 3. The van der Waals surface area contributed by atoms with E-state index in [0.29, 0.717) is 5.69 Å². The molecule has 1 aromatic carbocycles. The SMILES string of the molecule is CC(=O)N(C(N)=O)c1ccccc1I. The van der Waals surface area contributed by atoms with Gasteiger partial charge in [-0.3, -0.25) is 4.79 Å². The number of nitrogens with two attached hydrogens (primary N) is 1. The molecule has 0 saturated carbocycles. The van der Waals surface area contributed by atoms with Crippen LogP contribution in [-0.4, -0.2) is 11.9 Å². The Morgan fingerprint density at radius 2 is 1.93 bits per heavy atom. The number of benzene rings is 1. The highest BCUT2D eigenvalue weighted by molar-refractivity contribution is 14.1. The quantitative estimate of drug-likeness (QED) is 0.803. The maximum Gasteiger partial charge on any atom is 0.326 e. The summed E-state index contributed by atoms with van der Waals surface area (Å²) >= 11 is 2.04. The van der Waals surface area contributed by atoms with E-state index in [0.717, 1.165) is 8.47 Å². The van der Waals surface area contributed by atoms with Crippen LogP contribution in [0, 0.1) is 3.57 Å². The third kappa shape index (κ3) is 2.22. The standard InChI is InChI=1S/C9H9IN2O2/c1-6(13)12(9(11)14)8-5-3-2-4-7(8)10/h2-5H,1H3,(H2,11,14). The topological polar surface area (TPSA) is 63.4 Å². The van der Waals surface area contributed by atoms with Gasteiger partial charge in [-0.2, -0.15) is 0 Å². The number of nitrogens with zero attached hydrogens (tertiary/aromatic N) is 1. The summed E-state index contributed by atoms with van der Waals surface area (Å²) in [6.07, 6.45) is 0. The minimum Gasteiger partial charge on any atom is -0.351 e. The molecule has 2 N–H and O–H groups in total. The fraction of sp³-hybridized carbons (Fsp3) is 0.111. The number of para-hydroxylation sites is 1. The van der Waals surface area contributed by atoms with Crippen LogP contribution in [0.2, 0.25) is 0 Å². The highest BCUT2D eigenvalue weighted by atomic mass is 127. The molecule has 0 aliphatic heterocycles. The van der Waals surface area contributed by atoms with Crippen molar-refractivity contribution in [2.45, 2.75) is 6.92 Å². The van der Waals surface area contributed by atoms with Gasteiger partial charge in [0.15, 0.2) is 0 Å². The Morgan fingerprint density at radius 1 is 1.36 bits per heavy atom. The van der Waals surface area contributed by atoms with E-state index in [1.165, 1.54) is 6.92 Å². The number of carbonyl (C=O) groups excluding carboxylic acids is 2. The van der Waals surface area contributed by atoms with Crippen molar-refractivity contribution in [1.82, 2.24) is 0 Å². The van der Waals surface area contributed by atoms with Crippen molar-refractivity contribution in [2.24, 2.45) is 5.73 Å². The normalized spacial score (nSPS) is 9.57. The first-order valence-corrected chi connectivity index (χ1v) is 4.96. The Bertz CT molecular complexity index is 365. The number of imide groups is 1. The summed E-state index contributed by atoms with van der Waals surface area (Å²) in [5.74, 6) is -0.387. The van der Waals surface area contributed by atoms with Crippen molar-refractivity contribution < 1.29 is 9.59 Å². The summed E-state index contributed by atoms with van der Waals surface area (Å²) in [6.45, 7) is 1.30. The van der Waals surface area contributed by atoms with E-state index in [4.69, 9.17) is 5.73 Å². The number of hydrogen-bond donors (Lipinski definition) is 1. The lowest BCUT2D eigenvalue weighted by Crippen LogP contribution is -2.39. The second kappa shape index (κ2) is 4.41. The second-order valence-electron chi connectivity index (χ2n) is 2.64. The van der Waals surface area contributed by atoms with E-state index in [1.54, 1.807) is 18.2 Å². The van der Waals surface area contributed by atoms with Crippen LogP contribution in [0.25, 0.3) is 0 Å². The third-order valence-corrected chi connectivity index (χ3v) is 2.54. The van der Waals surface area contributed by atoms with Gasteiger partial charge in [-0.1, -0.05) is 12.1 Å². The molecule has 74 valence electrons. The average Bonchev–Trinajstić information content (AvgIpc) is 2.07. The van der Waals surface area contributed by atoms with E-state index in [1.807, 2.05) is 28.7 Å². The van der Waals surface area contributed by atoms with Crippen molar-refractivity contribution >= 4 is 40.2 Å². The molecule has 0 aliphatic rings. The molecule has 5 heteroatoms. The summed E-state index contributed by atoms with van der Waals surface area (Å²) in [6, 6.07) is 6.28. The predicted molar refractivity (Wildman–Crippen MR) is 61.9 cm³/mol. The van der Waals surface area contributed by atoms with Gasteiger partial charge in [0.1, 0.15) is 0 Å². The van der Waals surface area contributed by atoms with Gasteiger partial charge >= 0.3 is 6.03 Å². The molecule has 0 bridgehead atoms. The number of halogens is 1. The number of primary amides is 1. The number of hydrogen-bond acceptors (Lipinski definition) is 2. The molecule has 0 radical (unpaired) electrons. The van der Waals surface area contributed by atoms with E-state index in [-0.39, 0.29) is 5.91 Å². The van der Waals surface area contributed by atoms with Gasteiger partial charge in [0.05, 0.1) is 5.69 Å². The molecule has 0 spiro atoms. The predicted octanol–water partition coefficient (Wildman–Crippen LogP) is 1.72. The number of anilines is 1. The largest absolute Gasteiger partial charge is 0.351 e. The molecule has 0 aromatic heterocycles. The number of rotatable bonds is 1. The monoisotopic (exact) mass is 304 g/mol. The molecule has 1 aromatic rings. The Kier molecular flexibility index (Phi) is 3.45. The molecule has 0 unspecified atom stereocenters. The Balaban J connectivity index is 3.18. The lowest BCUT2D eigenvalue weighted by molar-refractivity contribution is -0.115. The van der Waals surface area contributed by atoms with E-state index in [2.05, 4.69) is 0 Å². The van der Waals surface area contributed by atoms with Gasteiger partial charge in [-0.25, -0.2) is 9.69 Å². The fourth-order valence-electron chi connectivity index (χ4n) is 1.08. The van der Waals surface area contributed by atoms with Gasteiger partial charge in [-0.15, -0.1) is 0 Å². The van der Waals surface area contributed by atoms with Gasteiger partial charge in [0, 0.05) is 10.5 Å². The first-order valence-electron chi connectivity index (χ1n) is 3.88. The minimum absolute atomic E-state index is 0.387. The van der Waals surface area contributed by atoms with E-state index >= 15 is 0 Å². The zero-order valence-corrected chi connectivity index (χ0v) is 9.69. The van der Waals surface area contributed by atoms with Crippen molar-refractivity contribution in [1.29, 1.82) is 0 Å². The summed E-state index contributed by atoms with van der Waals surface area (Å²) in [5.41, 5.74) is 5.62. The van der Waals surface area contributed by atoms with Crippen LogP contribution in [-0.2, 0) is 4.79 Å². The Hall–Kier alpha value is -1.11. The van der Waals surface area contributed by atoms with Crippen molar-refractivity contribution in [3.05, 3.63) is 27.8 Å². The minimum atomic E-state index is -0.762. The van der Waals surface area contributed by atoms with Crippen LogP contribution in [0.5, 0.6) is 0 Å². The van der Waals surface area contributed by atoms with Crippen molar-refractivity contribution in [3.8, 4) is 0 Å². The molecule has 4 nitrogen and oxygen atoms in total. The molecule has 3 amide bonds. The van der Waals surface area contributed by atoms with Crippen LogP contribution >= 0.6 is 22.6 Å². The first kappa shape index (κ1) is 11.0. The van der Waals surface area contributed by atoms with Gasteiger partial charge in [0.2, 0.25) is 5.91 Å². The molecule has 0 heterocycles. The van der Waals surface area contributed by atoms with E-state index in [9.17, 15) is 9.59 Å². The lowest BCUT2D eigenvalue weighted by atomic mass is 10.3. The van der Waals surface area contributed by atoms with Gasteiger partial charge < -0.3 is 5.73 Å². The van der Waals surface area contributed by atoms with Crippen molar-refractivity contribution in [2.75, 3.05) is 4.90 Å². The fourth-order valence-corrected chi connectivity index (χ4v) is 1.71. The zero-order chi connectivity index (χ0) is 10.7. The molecule has 1 rings (SSSR count). The van der Waals surface area contributed by atoms with Gasteiger partial charge in [-0.05, 0) is 34.7 Å². The summed E-state index contributed by atoms with van der Waals surface area (Å²) in [5, 5.41) is 0. The Labute approximate surface area is 95.2 Å². The molecule has 0 aliphatic carbocycles. The number of urea groups is 1. The summed E-state index contributed by atoms with van der Waals surface area (Å²) in [7, 11) is 0. The first-order chi connectivity index (χ1) is 6.54. The summed E-state index contributed by atoms with van der Waals surface area (Å²) < 4.78 is 0.805. The average molecular weight is 304 g/mol. The third-order valence-electron chi connectivity index (χ3n) is 1.63. The molecular weight excluding hydrogens is 295 g/mol. The van der Waals surface area contributed by atoms with Crippen LogP contribution in [0.1, 0.15) is 6.92 Å². The van der Waals surface area contributed by atoms with Crippen LogP contribution in [0.3, 0.4) is 0 Å². The second-order valence-corrected chi connectivity index (χ2v) is 3.81. The molecule has 0 saturated heterocycles. The maximum atomic E-state index is 11.2. The van der Waals surface area contributed by atoms with Crippen LogP contribution < -0.4 is 10.6 Å². The lowest BCUT2D eigenvalue weighted by Gasteiger charge is -2.17. The highest BCUT2D eigenvalue weighted by Crippen LogP contribution is 2.21. The smallest absolute Gasteiger partial charge is 0.326 e. The highest BCUT2D eigenvalue weighted by Gasteiger charge is 2.18. The van der Waals surface area contributed by atoms with Crippen LogP contribution in [0.4, 0.5) is 10.5 Å². The maximum absolute atomic E-state index is 11.2. The molecule has 0 atom stereocenters. The summed E-state index contributed by atoms with van der Waals surface area (Å²) in [4.78, 5) is 23.1. The zero-order valence-electron chi connectivity index (χ0n) is 7.53.